The summed E-state index contributed by atoms with van der Waals surface area (Å²) >= 11 is 0. The van der Waals surface area contributed by atoms with E-state index >= 15 is 0 Å². The zero-order valence-corrected chi connectivity index (χ0v) is 11.0. The van der Waals surface area contributed by atoms with Gasteiger partial charge in [-0.25, -0.2) is 9.59 Å². The highest BCUT2D eigenvalue weighted by atomic mass is 16.4. The Morgan fingerprint density at radius 1 is 1.29 bits per heavy atom. The van der Waals surface area contributed by atoms with Gasteiger partial charge in [0.2, 0.25) is 0 Å². The van der Waals surface area contributed by atoms with Gasteiger partial charge in [-0.05, 0) is 5.56 Å². The maximum absolute atomic E-state index is 11.7. The maximum atomic E-state index is 11.7. The molecule has 0 aliphatic carbocycles. The van der Waals surface area contributed by atoms with Gasteiger partial charge in [-0.1, -0.05) is 35.5 Å². The Morgan fingerprint density at radius 2 is 2.05 bits per heavy atom. The second kappa shape index (κ2) is 6.98. The molecule has 110 valence electrons. The van der Waals surface area contributed by atoms with Gasteiger partial charge in [-0.15, -0.1) is 10.2 Å². The van der Waals surface area contributed by atoms with Gasteiger partial charge >= 0.3 is 12.0 Å². The minimum atomic E-state index is -1.10. The van der Waals surface area contributed by atoms with Gasteiger partial charge in [0.25, 0.3) is 0 Å². The molecule has 0 bridgehead atoms. The van der Waals surface area contributed by atoms with Crippen LogP contribution in [0.25, 0.3) is 0 Å². The van der Waals surface area contributed by atoms with Gasteiger partial charge in [0.1, 0.15) is 6.04 Å². The summed E-state index contributed by atoms with van der Waals surface area (Å²) in [6.07, 6.45) is 0.200. The Hall–Kier alpha value is -2.97. The SMILES string of the molecule is O=C(NCc1nn[nH]n1)NC(Cc1ccccc1)C(=O)O. The molecule has 0 saturated heterocycles. The number of carboxylic acid groups (broad SMARTS) is 1. The molecule has 9 nitrogen and oxygen atoms in total. The first kappa shape index (κ1) is 14.4. The van der Waals surface area contributed by atoms with Gasteiger partial charge < -0.3 is 15.7 Å². The third kappa shape index (κ3) is 4.56. The number of carboxylic acids is 1. The van der Waals surface area contributed by atoms with Gasteiger partial charge in [-0.3, -0.25) is 0 Å². The number of aliphatic carboxylic acids is 1. The molecule has 0 saturated carbocycles. The molecular formula is C12H14N6O3. The molecule has 1 heterocycles. The minimum absolute atomic E-state index is 0.0556. The van der Waals surface area contributed by atoms with Crippen molar-refractivity contribution >= 4 is 12.0 Å². The number of carbonyl (C=O) groups is 2. The van der Waals surface area contributed by atoms with Crippen LogP contribution in [0.5, 0.6) is 0 Å². The van der Waals surface area contributed by atoms with Crippen LogP contribution in [0.1, 0.15) is 11.4 Å². The van der Waals surface area contributed by atoms with E-state index in [1.165, 1.54) is 0 Å². The molecule has 21 heavy (non-hydrogen) atoms. The zero-order valence-electron chi connectivity index (χ0n) is 11.0. The topological polar surface area (TPSA) is 133 Å². The lowest BCUT2D eigenvalue weighted by Crippen LogP contribution is -2.47. The number of amides is 2. The number of nitrogens with zero attached hydrogens (tertiary/aromatic N) is 3. The maximum Gasteiger partial charge on any atom is 0.326 e. The summed E-state index contributed by atoms with van der Waals surface area (Å²) in [5.41, 5.74) is 0.823. The van der Waals surface area contributed by atoms with Gasteiger partial charge in [0.15, 0.2) is 5.82 Å². The Labute approximate surface area is 119 Å². The Kier molecular flexibility index (Phi) is 4.80. The number of tetrazole rings is 1. The Morgan fingerprint density at radius 3 is 2.67 bits per heavy atom. The van der Waals surface area contributed by atoms with Crippen molar-refractivity contribution in [1.82, 2.24) is 31.3 Å². The van der Waals surface area contributed by atoms with Crippen LogP contribution in [0.3, 0.4) is 0 Å². The van der Waals surface area contributed by atoms with E-state index in [9.17, 15) is 9.59 Å². The van der Waals surface area contributed by atoms with Gasteiger partial charge in [-0.2, -0.15) is 5.21 Å². The van der Waals surface area contributed by atoms with Crippen LogP contribution < -0.4 is 10.6 Å². The van der Waals surface area contributed by atoms with Crippen molar-refractivity contribution in [3.05, 3.63) is 41.7 Å². The fraction of sp³-hybridized carbons (Fsp3) is 0.250. The molecule has 0 fully saturated rings. The molecule has 2 rings (SSSR count). The normalized spacial score (nSPS) is 11.6. The molecular weight excluding hydrogens is 276 g/mol. The van der Waals surface area contributed by atoms with Crippen LogP contribution in [0.2, 0.25) is 0 Å². The van der Waals surface area contributed by atoms with E-state index in [0.717, 1.165) is 5.56 Å². The molecule has 1 atom stereocenters. The standard InChI is InChI=1S/C12H14N6O3/c19-11(20)9(6-8-4-2-1-3-5-8)14-12(21)13-7-10-15-17-18-16-10/h1-5,9H,6-7H2,(H,19,20)(H2,13,14,21)(H,15,16,17,18). The molecule has 1 aromatic carbocycles. The number of hydrogen-bond donors (Lipinski definition) is 4. The number of carbonyl (C=O) groups excluding carboxylic acids is 1. The van der Waals surface area contributed by atoms with Crippen molar-refractivity contribution in [3.63, 3.8) is 0 Å². The number of benzene rings is 1. The molecule has 4 N–H and O–H groups in total. The van der Waals surface area contributed by atoms with Gasteiger partial charge in [0.05, 0.1) is 6.54 Å². The highest BCUT2D eigenvalue weighted by molar-refractivity contribution is 5.82. The molecule has 0 radical (unpaired) electrons. The molecule has 0 aliphatic rings. The fourth-order valence-electron chi connectivity index (χ4n) is 1.68. The van der Waals surface area contributed by atoms with Crippen molar-refractivity contribution < 1.29 is 14.7 Å². The molecule has 2 amide bonds. The summed E-state index contributed by atoms with van der Waals surface area (Å²) in [6, 6.07) is 7.43. The van der Waals surface area contributed by atoms with Crippen LogP contribution in [0.15, 0.2) is 30.3 Å². The molecule has 1 aromatic heterocycles. The number of H-pyrrole nitrogens is 1. The van der Waals surface area contributed by atoms with Crippen LogP contribution >= 0.6 is 0 Å². The number of hydrogen-bond acceptors (Lipinski definition) is 5. The summed E-state index contributed by atoms with van der Waals surface area (Å²) in [4.78, 5) is 22.9. The monoisotopic (exact) mass is 290 g/mol. The molecule has 1 unspecified atom stereocenters. The average molecular weight is 290 g/mol. The van der Waals surface area contributed by atoms with Crippen molar-refractivity contribution in [2.75, 3.05) is 0 Å². The largest absolute Gasteiger partial charge is 0.480 e. The summed E-state index contributed by atoms with van der Waals surface area (Å²) in [6.45, 7) is 0.0556. The second-order valence-corrected chi connectivity index (χ2v) is 4.24. The number of aromatic amines is 1. The lowest BCUT2D eigenvalue weighted by molar-refractivity contribution is -0.139. The van der Waals surface area contributed by atoms with Crippen molar-refractivity contribution in [2.45, 2.75) is 19.0 Å². The first-order valence-corrected chi connectivity index (χ1v) is 6.18. The van der Waals surface area contributed by atoms with E-state index in [0.29, 0.717) is 5.82 Å². The summed E-state index contributed by atoms with van der Waals surface area (Å²) < 4.78 is 0. The van der Waals surface area contributed by atoms with Crippen LogP contribution in [-0.2, 0) is 17.8 Å². The van der Waals surface area contributed by atoms with Crippen LogP contribution in [0, 0.1) is 0 Å². The van der Waals surface area contributed by atoms with Crippen molar-refractivity contribution in [1.29, 1.82) is 0 Å². The fourth-order valence-corrected chi connectivity index (χ4v) is 1.68. The van der Waals surface area contributed by atoms with Crippen molar-refractivity contribution in [2.24, 2.45) is 0 Å². The van der Waals surface area contributed by atoms with E-state index in [1.807, 2.05) is 18.2 Å². The summed E-state index contributed by atoms with van der Waals surface area (Å²) in [7, 11) is 0. The number of nitrogens with one attached hydrogen (secondary N) is 3. The molecule has 2 aromatic rings. The Bertz CT molecular complexity index is 586. The first-order chi connectivity index (χ1) is 10.1. The quantitative estimate of drug-likeness (QED) is 0.577. The van der Waals surface area contributed by atoms with E-state index in [1.54, 1.807) is 12.1 Å². The average Bonchev–Trinajstić information content (AvgIpc) is 2.99. The summed E-state index contributed by atoms with van der Waals surface area (Å²) in [5, 5.41) is 26.9. The summed E-state index contributed by atoms with van der Waals surface area (Å²) in [5.74, 6) is -0.798. The van der Waals surface area contributed by atoms with Gasteiger partial charge in [0, 0.05) is 6.42 Å². The lowest BCUT2D eigenvalue weighted by Gasteiger charge is -2.14. The Balaban J connectivity index is 1.87. The lowest BCUT2D eigenvalue weighted by atomic mass is 10.1. The molecule has 0 spiro atoms. The first-order valence-electron chi connectivity index (χ1n) is 6.18. The zero-order chi connectivity index (χ0) is 15.1. The predicted octanol–water partition coefficient (Wildman–Crippen LogP) is -0.305. The van der Waals surface area contributed by atoms with Crippen LogP contribution in [0.4, 0.5) is 4.79 Å². The minimum Gasteiger partial charge on any atom is -0.480 e. The highest BCUT2D eigenvalue weighted by Gasteiger charge is 2.20. The van der Waals surface area contributed by atoms with E-state index in [2.05, 4.69) is 31.3 Å². The second-order valence-electron chi connectivity index (χ2n) is 4.24. The predicted molar refractivity (Wildman–Crippen MR) is 71.1 cm³/mol. The third-order valence-corrected chi connectivity index (χ3v) is 2.68. The third-order valence-electron chi connectivity index (χ3n) is 2.68. The molecule has 9 heteroatoms. The van der Waals surface area contributed by atoms with Crippen molar-refractivity contribution in [3.8, 4) is 0 Å². The van der Waals surface area contributed by atoms with Crippen LogP contribution in [-0.4, -0.2) is 43.8 Å². The molecule has 0 aliphatic heterocycles. The highest BCUT2D eigenvalue weighted by Crippen LogP contribution is 2.03. The number of aromatic nitrogens is 4. The number of rotatable bonds is 6. The smallest absolute Gasteiger partial charge is 0.326 e. The van der Waals surface area contributed by atoms with E-state index < -0.39 is 18.0 Å². The van der Waals surface area contributed by atoms with E-state index in [-0.39, 0.29) is 13.0 Å². The van der Waals surface area contributed by atoms with E-state index in [4.69, 9.17) is 5.11 Å². The number of urea groups is 1.